The highest BCUT2D eigenvalue weighted by Gasteiger charge is 1.93. The first-order valence-corrected chi connectivity index (χ1v) is 3.26. The van der Waals surface area contributed by atoms with E-state index in [9.17, 15) is 9.59 Å². The van der Waals surface area contributed by atoms with Gasteiger partial charge in [0.25, 0.3) is 5.91 Å². The van der Waals surface area contributed by atoms with E-state index in [2.05, 4.69) is 23.1 Å². The van der Waals surface area contributed by atoms with Crippen molar-refractivity contribution in [2.45, 2.75) is 0 Å². The lowest BCUT2D eigenvalue weighted by Gasteiger charge is -2.01. The molecule has 0 aliphatic rings. The van der Waals surface area contributed by atoms with Gasteiger partial charge in [0.1, 0.15) is 0 Å². The third-order valence-corrected chi connectivity index (χ3v) is 0.810. The number of hydrogen-bond acceptors (Lipinski definition) is 3. The Morgan fingerprint density at radius 3 is 2.17 bits per heavy atom. The number of hydrazine groups is 1. The summed E-state index contributed by atoms with van der Waals surface area (Å²) in [6.07, 6.45) is 1.87. The van der Waals surface area contributed by atoms with Gasteiger partial charge in [-0.05, 0) is 12.2 Å². The lowest BCUT2D eigenvalue weighted by molar-refractivity contribution is -0.118. The van der Waals surface area contributed by atoms with Crippen LogP contribution in [0.5, 0.6) is 0 Å². The second-order valence-corrected chi connectivity index (χ2v) is 2.15. The van der Waals surface area contributed by atoms with E-state index < -0.39 is 11.8 Å². The number of nitrogens with one attached hydrogen (secondary N) is 2. The molecular weight excluding hydrogens is 180 g/mol. The number of nitrogens with two attached hydrogens (primary N) is 2. The van der Waals surface area contributed by atoms with Crippen LogP contribution < -0.4 is 22.3 Å². The van der Waals surface area contributed by atoms with Crippen LogP contribution in [0, 0.1) is 0 Å². The molecule has 0 fully saturated rings. The van der Waals surface area contributed by atoms with Crippen LogP contribution in [-0.4, -0.2) is 16.9 Å². The van der Waals surface area contributed by atoms with Crippen molar-refractivity contribution < 1.29 is 9.59 Å². The molecule has 6 N–H and O–H groups in total. The van der Waals surface area contributed by atoms with Gasteiger partial charge in [-0.25, -0.2) is 0 Å². The number of hydrogen-bond donors (Lipinski definition) is 4. The molecule has 0 aromatic rings. The summed E-state index contributed by atoms with van der Waals surface area (Å²) in [7, 11) is 0. The highest BCUT2D eigenvalue weighted by Crippen LogP contribution is 1.69. The molecule has 12 heavy (non-hydrogen) atoms. The van der Waals surface area contributed by atoms with E-state index in [0.717, 1.165) is 12.2 Å². The van der Waals surface area contributed by atoms with Crippen molar-refractivity contribution in [1.29, 1.82) is 0 Å². The normalized spacial score (nSPS) is 9.33. The average molecular weight is 188 g/mol. The summed E-state index contributed by atoms with van der Waals surface area (Å²) in [4.78, 5) is 20.8. The number of primary amides is 1. The van der Waals surface area contributed by atoms with Crippen LogP contribution in [0.4, 0.5) is 0 Å². The van der Waals surface area contributed by atoms with E-state index in [1.165, 1.54) is 0 Å². The Kier molecular flexibility index (Phi) is 4.39. The molecule has 0 aliphatic carbocycles. The zero-order valence-electron chi connectivity index (χ0n) is 6.03. The molecule has 0 heterocycles. The molecule has 0 spiro atoms. The smallest absolute Gasteiger partial charge is 0.262 e. The van der Waals surface area contributed by atoms with Gasteiger partial charge in [0.2, 0.25) is 5.91 Å². The number of rotatable bonds is 2. The van der Waals surface area contributed by atoms with Crippen LogP contribution in [0.15, 0.2) is 12.2 Å². The summed E-state index contributed by atoms with van der Waals surface area (Å²) < 4.78 is 0. The Morgan fingerprint density at radius 2 is 1.75 bits per heavy atom. The summed E-state index contributed by atoms with van der Waals surface area (Å²) in [5.41, 5.74) is 14.0. The number of amides is 2. The van der Waals surface area contributed by atoms with E-state index in [1.54, 1.807) is 0 Å². The highest BCUT2D eigenvalue weighted by molar-refractivity contribution is 7.80. The Balaban J connectivity index is 3.75. The molecule has 0 bridgehead atoms. The lowest BCUT2D eigenvalue weighted by atomic mass is 10.5. The van der Waals surface area contributed by atoms with Gasteiger partial charge in [-0.2, -0.15) is 0 Å². The fourth-order valence-electron chi connectivity index (χ4n) is 0.323. The maximum atomic E-state index is 10.7. The van der Waals surface area contributed by atoms with Gasteiger partial charge in [0.15, 0.2) is 5.11 Å². The minimum absolute atomic E-state index is 0.0733. The number of thiocarbonyl (C=S) groups is 1. The van der Waals surface area contributed by atoms with E-state index in [1.807, 2.05) is 0 Å². The van der Waals surface area contributed by atoms with Crippen molar-refractivity contribution in [2.24, 2.45) is 11.5 Å². The number of carbonyl (C=O) groups is 2. The Hall–Kier alpha value is -1.63. The topological polar surface area (TPSA) is 110 Å². The van der Waals surface area contributed by atoms with Gasteiger partial charge in [-0.3, -0.25) is 20.4 Å². The molecule has 66 valence electrons. The first-order valence-electron chi connectivity index (χ1n) is 2.85. The summed E-state index contributed by atoms with van der Waals surface area (Å²) >= 11 is 4.39. The zero-order valence-corrected chi connectivity index (χ0v) is 6.85. The van der Waals surface area contributed by atoms with Gasteiger partial charge in [0.05, 0.1) is 0 Å². The monoisotopic (exact) mass is 188 g/mol. The lowest BCUT2D eigenvalue weighted by Crippen LogP contribution is -2.43. The minimum atomic E-state index is -0.708. The SMILES string of the molecule is NC(=O)/C=C\C(=O)NNC(N)=S. The summed E-state index contributed by atoms with van der Waals surface area (Å²) in [6.45, 7) is 0. The van der Waals surface area contributed by atoms with Crippen LogP contribution in [0.1, 0.15) is 0 Å². The maximum Gasteiger partial charge on any atom is 0.262 e. The second-order valence-electron chi connectivity index (χ2n) is 1.71. The molecule has 0 unspecified atom stereocenters. The van der Waals surface area contributed by atoms with Crippen molar-refractivity contribution in [3.63, 3.8) is 0 Å². The first kappa shape index (κ1) is 10.4. The van der Waals surface area contributed by atoms with Crippen LogP contribution in [0.2, 0.25) is 0 Å². The predicted octanol–water partition coefficient (Wildman–Crippen LogP) is -2.11. The van der Waals surface area contributed by atoms with Crippen molar-refractivity contribution in [2.75, 3.05) is 0 Å². The fraction of sp³-hybridized carbons (Fsp3) is 0. The standard InChI is InChI=1S/C5H8N4O2S/c6-3(10)1-2-4(11)8-9-5(7)12/h1-2H,(H2,6,10)(H,8,11)(H3,7,9,12)/b2-1-. The minimum Gasteiger partial charge on any atom is -0.375 e. The van der Waals surface area contributed by atoms with Gasteiger partial charge >= 0.3 is 0 Å². The van der Waals surface area contributed by atoms with Crippen molar-refractivity contribution in [1.82, 2.24) is 10.9 Å². The highest BCUT2D eigenvalue weighted by atomic mass is 32.1. The Bertz CT molecular complexity index is 238. The molecule has 0 rings (SSSR count). The van der Waals surface area contributed by atoms with E-state index in [0.29, 0.717) is 0 Å². The summed E-state index contributed by atoms with van der Waals surface area (Å²) in [6, 6.07) is 0. The van der Waals surface area contributed by atoms with E-state index in [4.69, 9.17) is 11.5 Å². The van der Waals surface area contributed by atoms with Crippen LogP contribution in [-0.2, 0) is 9.59 Å². The summed E-state index contributed by atoms with van der Waals surface area (Å²) in [5.74, 6) is -1.28. The first-order chi connectivity index (χ1) is 5.52. The van der Waals surface area contributed by atoms with E-state index in [-0.39, 0.29) is 5.11 Å². The largest absolute Gasteiger partial charge is 0.375 e. The maximum absolute atomic E-state index is 10.7. The zero-order chi connectivity index (χ0) is 9.56. The van der Waals surface area contributed by atoms with Crippen LogP contribution >= 0.6 is 12.2 Å². The molecule has 0 aromatic heterocycles. The van der Waals surface area contributed by atoms with Gasteiger partial charge < -0.3 is 11.5 Å². The number of carbonyl (C=O) groups excluding carboxylic acids is 2. The van der Waals surface area contributed by atoms with E-state index >= 15 is 0 Å². The van der Waals surface area contributed by atoms with Crippen LogP contribution in [0.25, 0.3) is 0 Å². The van der Waals surface area contributed by atoms with Crippen LogP contribution in [0.3, 0.4) is 0 Å². The molecule has 0 atom stereocenters. The molecule has 0 saturated heterocycles. The van der Waals surface area contributed by atoms with Gasteiger partial charge in [0, 0.05) is 12.2 Å². The fourth-order valence-corrected chi connectivity index (χ4v) is 0.374. The predicted molar refractivity (Wildman–Crippen MR) is 46.4 cm³/mol. The third kappa shape index (κ3) is 6.49. The molecule has 7 heteroatoms. The van der Waals surface area contributed by atoms with Crippen molar-refractivity contribution in [3.8, 4) is 0 Å². The van der Waals surface area contributed by atoms with Gasteiger partial charge in [-0.15, -0.1) is 0 Å². The third-order valence-electron chi connectivity index (χ3n) is 0.708. The molecule has 0 saturated carbocycles. The molecule has 2 amide bonds. The quantitative estimate of drug-likeness (QED) is 0.225. The van der Waals surface area contributed by atoms with Gasteiger partial charge in [-0.1, -0.05) is 0 Å². The average Bonchev–Trinajstić information content (AvgIpc) is 1.96. The van der Waals surface area contributed by atoms with Crippen molar-refractivity contribution >= 4 is 29.1 Å². The Morgan fingerprint density at radius 1 is 1.17 bits per heavy atom. The summed E-state index contributed by atoms with van der Waals surface area (Å²) in [5, 5.41) is -0.0733. The molecule has 6 nitrogen and oxygen atoms in total. The Labute approximate surface area is 73.9 Å². The molecule has 0 aromatic carbocycles. The van der Waals surface area contributed by atoms with Crippen molar-refractivity contribution in [3.05, 3.63) is 12.2 Å². The molecule has 0 aliphatic heterocycles. The molecular formula is C5H8N4O2S. The molecule has 0 radical (unpaired) electrons. The second kappa shape index (κ2) is 5.08.